The van der Waals surface area contributed by atoms with Crippen LogP contribution in [0.4, 0.5) is 13.2 Å². The maximum Gasteiger partial charge on any atom is 0.389 e. The summed E-state index contributed by atoms with van der Waals surface area (Å²) in [6, 6.07) is 0.825. The zero-order valence-electron chi connectivity index (χ0n) is 8.17. The van der Waals surface area contributed by atoms with E-state index in [0.29, 0.717) is 10.6 Å². The fourth-order valence-electron chi connectivity index (χ4n) is 1.16. The molecule has 92 valence electrons. The van der Waals surface area contributed by atoms with Crippen molar-refractivity contribution in [2.75, 3.05) is 0 Å². The molecule has 0 spiro atoms. The molecule has 0 saturated heterocycles. The molecule has 7 heteroatoms. The van der Waals surface area contributed by atoms with Gasteiger partial charge in [0.05, 0.1) is 5.02 Å². The van der Waals surface area contributed by atoms with Crippen molar-refractivity contribution in [2.45, 2.75) is 25.1 Å². The summed E-state index contributed by atoms with van der Waals surface area (Å²) < 4.78 is 35.8. The topological polar surface area (TPSA) is 38.9 Å². The zero-order chi connectivity index (χ0) is 11.5. The molecule has 0 aromatic carbocycles. The Bertz CT molecular complexity index is 331. The van der Waals surface area contributed by atoms with Crippen molar-refractivity contribution in [2.24, 2.45) is 5.73 Å². The highest BCUT2D eigenvalue weighted by Gasteiger charge is 2.28. The number of hydrogen-bond acceptors (Lipinski definition) is 2. The van der Waals surface area contributed by atoms with Crippen LogP contribution < -0.4 is 5.73 Å². The summed E-state index contributed by atoms with van der Waals surface area (Å²) in [7, 11) is 0. The molecule has 0 saturated carbocycles. The molecule has 0 fully saturated rings. The Kier molecular flexibility index (Phi) is 6.07. The van der Waals surface area contributed by atoms with Crippen LogP contribution in [0.15, 0.2) is 18.5 Å². The molecule has 2 nitrogen and oxygen atoms in total. The average Bonchev–Trinajstić information content (AvgIpc) is 2.14. The van der Waals surface area contributed by atoms with Crippen molar-refractivity contribution in [3.8, 4) is 0 Å². The Labute approximate surface area is 102 Å². The molecule has 0 radical (unpaired) electrons. The lowest BCUT2D eigenvalue weighted by atomic mass is 10.0. The van der Waals surface area contributed by atoms with Crippen LogP contribution in [0.25, 0.3) is 0 Å². The Morgan fingerprint density at radius 1 is 1.44 bits per heavy atom. The second kappa shape index (κ2) is 6.27. The van der Waals surface area contributed by atoms with Gasteiger partial charge in [-0.2, -0.15) is 13.2 Å². The van der Waals surface area contributed by atoms with Crippen molar-refractivity contribution in [1.29, 1.82) is 0 Å². The third-order valence-corrected chi connectivity index (χ3v) is 2.26. The van der Waals surface area contributed by atoms with Gasteiger partial charge in [-0.1, -0.05) is 11.6 Å². The number of hydrogen-bond donors (Lipinski definition) is 1. The SMILES string of the molecule is Cl.N[C@@H](CCC(F)(F)F)c1ccncc1Cl. The van der Waals surface area contributed by atoms with Gasteiger partial charge in [0.25, 0.3) is 0 Å². The largest absolute Gasteiger partial charge is 0.389 e. The highest BCUT2D eigenvalue weighted by molar-refractivity contribution is 6.31. The van der Waals surface area contributed by atoms with E-state index in [1.54, 1.807) is 0 Å². The van der Waals surface area contributed by atoms with Crippen LogP contribution in [0, 0.1) is 0 Å². The van der Waals surface area contributed by atoms with Gasteiger partial charge in [-0.25, -0.2) is 0 Å². The van der Waals surface area contributed by atoms with E-state index in [-0.39, 0.29) is 18.8 Å². The molecule has 0 aliphatic rings. The summed E-state index contributed by atoms with van der Waals surface area (Å²) >= 11 is 5.75. The number of aromatic nitrogens is 1. The van der Waals surface area contributed by atoms with E-state index < -0.39 is 18.6 Å². The minimum atomic E-state index is -4.18. The molecular weight excluding hydrogens is 264 g/mol. The Balaban J connectivity index is 0.00000225. The molecule has 1 atom stereocenters. The summed E-state index contributed by atoms with van der Waals surface area (Å²) in [5, 5.41) is 0.298. The van der Waals surface area contributed by atoms with Crippen LogP contribution in [0.5, 0.6) is 0 Å². The van der Waals surface area contributed by atoms with Crippen molar-refractivity contribution in [3.63, 3.8) is 0 Å². The van der Waals surface area contributed by atoms with Gasteiger partial charge in [0.1, 0.15) is 0 Å². The van der Waals surface area contributed by atoms with Crippen molar-refractivity contribution >= 4 is 24.0 Å². The summed E-state index contributed by atoms with van der Waals surface area (Å²) in [6.07, 6.45) is -2.45. The fourth-order valence-corrected chi connectivity index (χ4v) is 1.42. The molecule has 16 heavy (non-hydrogen) atoms. The van der Waals surface area contributed by atoms with Crippen LogP contribution in [0.2, 0.25) is 5.02 Å². The smallest absolute Gasteiger partial charge is 0.324 e. The molecule has 0 amide bonds. The number of halogens is 5. The van der Waals surface area contributed by atoms with E-state index in [9.17, 15) is 13.2 Å². The molecule has 0 bridgehead atoms. The Morgan fingerprint density at radius 3 is 2.56 bits per heavy atom. The summed E-state index contributed by atoms with van der Waals surface area (Å²) in [5.41, 5.74) is 6.09. The van der Waals surface area contributed by atoms with Gasteiger partial charge in [-0.3, -0.25) is 4.98 Å². The predicted octanol–water partition coefficient (Wildman–Crippen LogP) is 3.50. The number of nitrogens with two attached hydrogens (primary N) is 1. The highest BCUT2D eigenvalue weighted by Crippen LogP contribution is 2.28. The standard InChI is InChI=1S/C9H10ClF3N2.ClH/c10-7-5-15-4-2-6(7)8(14)1-3-9(11,12)13;/h2,4-5,8H,1,3,14H2;1H/t8-;/m0./s1. The Morgan fingerprint density at radius 2 is 2.06 bits per heavy atom. The third kappa shape index (κ3) is 5.01. The number of nitrogens with zero attached hydrogens (tertiary/aromatic N) is 1. The Hall–Kier alpha value is -0.520. The van der Waals surface area contributed by atoms with Gasteiger partial charge in [0.15, 0.2) is 0 Å². The summed E-state index contributed by atoms with van der Waals surface area (Å²) in [4.78, 5) is 3.73. The first kappa shape index (κ1) is 15.5. The number of pyridine rings is 1. The van der Waals surface area contributed by atoms with Crippen LogP contribution in [0.1, 0.15) is 24.4 Å². The molecule has 0 aliphatic carbocycles. The molecule has 0 unspecified atom stereocenters. The van der Waals surface area contributed by atoms with E-state index in [2.05, 4.69) is 4.98 Å². The van der Waals surface area contributed by atoms with Crippen LogP contribution in [-0.4, -0.2) is 11.2 Å². The lowest BCUT2D eigenvalue weighted by molar-refractivity contribution is -0.136. The monoisotopic (exact) mass is 274 g/mol. The molecule has 0 aliphatic heterocycles. The molecule has 2 N–H and O–H groups in total. The van der Waals surface area contributed by atoms with Gasteiger partial charge in [-0.15, -0.1) is 12.4 Å². The average molecular weight is 275 g/mol. The fraction of sp³-hybridized carbons (Fsp3) is 0.444. The van der Waals surface area contributed by atoms with Gasteiger partial charge < -0.3 is 5.73 Å². The molecular formula is C9H11Cl2F3N2. The quantitative estimate of drug-likeness (QED) is 0.916. The van der Waals surface area contributed by atoms with E-state index >= 15 is 0 Å². The third-order valence-electron chi connectivity index (χ3n) is 1.94. The highest BCUT2D eigenvalue weighted by atomic mass is 35.5. The van der Waals surface area contributed by atoms with Gasteiger partial charge >= 0.3 is 6.18 Å². The molecule has 1 heterocycles. The van der Waals surface area contributed by atoms with E-state index in [1.165, 1.54) is 18.5 Å². The zero-order valence-corrected chi connectivity index (χ0v) is 9.74. The first-order valence-electron chi connectivity index (χ1n) is 4.32. The van der Waals surface area contributed by atoms with Crippen LogP contribution in [-0.2, 0) is 0 Å². The van der Waals surface area contributed by atoms with E-state index in [0.717, 1.165) is 0 Å². The molecule has 1 aromatic rings. The predicted molar refractivity (Wildman–Crippen MR) is 58.7 cm³/mol. The van der Waals surface area contributed by atoms with E-state index in [1.807, 2.05) is 0 Å². The number of rotatable bonds is 3. The normalized spacial score (nSPS) is 13.1. The van der Waals surface area contributed by atoms with Crippen molar-refractivity contribution < 1.29 is 13.2 Å². The minimum absolute atomic E-state index is 0. The maximum absolute atomic E-state index is 11.9. The lowest BCUT2D eigenvalue weighted by Gasteiger charge is -2.14. The summed E-state index contributed by atoms with van der Waals surface area (Å²) in [6.45, 7) is 0. The van der Waals surface area contributed by atoms with Crippen LogP contribution in [0.3, 0.4) is 0 Å². The van der Waals surface area contributed by atoms with Gasteiger partial charge in [0.2, 0.25) is 0 Å². The first-order chi connectivity index (χ1) is 6.90. The minimum Gasteiger partial charge on any atom is -0.324 e. The molecule has 1 aromatic heterocycles. The van der Waals surface area contributed by atoms with Gasteiger partial charge in [-0.05, 0) is 18.1 Å². The molecule has 1 rings (SSSR count). The second-order valence-corrected chi connectivity index (χ2v) is 3.56. The lowest BCUT2D eigenvalue weighted by Crippen LogP contribution is -2.16. The number of alkyl halides is 3. The van der Waals surface area contributed by atoms with Crippen LogP contribution >= 0.6 is 24.0 Å². The maximum atomic E-state index is 11.9. The van der Waals surface area contributed by atoms with E-state index in [4.69, 9.17) is 17.3 Å². The van der Waals surface area contributed by atoms with Crippen molar-refractivity contribution in [1.82, 2.24) is 4.98 Å². The second-order valence-electron chi connectivity index (χ2n) is 3.16. The summed E-state index contributed by atoms with van der Waals surface area (Å²) in [5.74, 6) is 0. The first-order valence-corrected chi connectivity index (χ1v) is 4.69. The van der Waals surface area contributed by atoms with Gasteiger partial charge in [0, 0.05) is 24.9 Å². The van der Waals surface area contributed by atoms with Crippen molar-refractivity contribution in [3.05, 3.63) is 29.0 Å².